The summed E-state index contributed by atoms with van der Waals surface area (Å²) >= 11 is 0. The summed E-state index contributed by atoms with van der Waals surface area (Å²) in [6, 6.07) is 22.1. The third-order valence-corrected chi connectivity index (χ3v) is 5.78. The van der Waals surface area contributed by atoms with Crippen LogP contribution in [0.1, 0.15) is 15.9 Å². The molecule has 0 aromatic heterocycles. The van der Waals surface area contributed by atoms with Crippen molar-refractivity contribution in [2.45, 2.75) is 6.42 Å². The van der Waals surface area contributed by atoms with Gasteiger partial charge in [0.2, 0.25) is 5.91 Å². The van der Waals surface area contributed by atoms with Crippen molar-refractivity contribution in [3.63, 3.8) is 0 Å². The highest BCUT2D eigenvalue weighted by atomic mass is 19.1. The lowest BCUT2D eigenvalue weighted by molar-refractivity contribution is -0.134. The van der Waals surface area contributed by atoms with Crippen LogP contribution >= 0.6 is 0 Å². The number of para-hydroxylation sites is 1. The Morgan fingerprint density at radius 2 is 1.49 bits per heavy atom. The van der Waals surface area contributed by atoms with E-state index in [2.05, 4.69) is 10.2 Å². The fourth-order valence-corrected chi connectivity index (χ4v) is 3.91. The van der Waals surface area contributed by atoms with Gasteiger partial charge in [0.15, 0.2) is 6.61 Å². The van der Waals surface area contributed by atoms with Crippen LogP contribution < -0.4 is 10.2 Å². The topological polar surface area (TPSA) is 78.9 Å². The molecule has 7 nitrogen and oxygen atoms in total. The number of benzene rings is 3. The number of hydrogen-bond donors (Lipinski definition) is 1. The van der Waals surface area contributed by atoms with E-state index in [0.29, 0.717) is 31.9 Å². The minimum atomic E-state index is -0.682. The molecule has 1 aliphatic rings. The third-order valence-electron chi connectivity index (χ3n) is 5.78. The van der Waals surface area contributed by atoms with Gasteiger partial charge in [0.05, 0.1) is 17.7 Å². The standard InChI is InChI=1S/C27H26FN3O4/c28-21-10-12-22(13-11-21)30-14-16-31(17-15-30)26(33)19-35-27(34)23-8-4-5-9-24(23)29-25(32)18-20-6-2-1-3-7-20/h1-13H,14-19H2,(H,29,32). The van der Waals surface area contributed by atoms with E-state index in [1.165, 1.54) is 12.1 Å². The molecule has 0 spiro atoms. The number of piperazine rings is 1. The van der Waals surface area contributed by atoms with Gasteiger partial charge in [-0.2, -0.15) is 0 Å². The minimum Gasteiger partial charge on any atom is -0.452 e. The molecule has 3 aromatic rings. The lowest BCUT2D eigenvalue weighted by Gasteiger charge is -2.36. The van der Waals surface area contributed by atoms with E-state index in [1.807, 2.05) is 30.3 Å². The zero-order valence-corrected chi connectivity index (χ0v) is 19.2. The van der Waals surface area contributed by atoms with Crippen molar-refractivity contribution in [1.29, 1.82) is 0 Å². The van der Waals surface area contributed by atoms with E-state index < -0.39 is 5.97 Å². The second-order valence-electron chi connectivity index (χ2n) is 8.18. The molecular weight excluding hydrogens is 449 g/mol. The third kappa shape index (κ3) is 6.44. The number of amides is 2. The quantitative estimate of drug-likeness (QED) is 0.529. The van der Waals surface area contributed by atoms with Gasteiger partial charge >= 0.3 is 5.97 Å². The number of nitrogens with one attached hydrogen (secondary N) is 1. The summed E-state index contributed by atoms with van der Waals surface area (Å²) in [5.41, 5.74) is 2.27. The summed E-state index contributed by atoms with van der Waals surface area (Å²) in [5, 5.41) is 2.75. The summed E-state index contributed by atoms with van der Waals surface area (Å²) in [6.07, 6.45) is 0.173. The Morgan fingerprint density at radius 1 is 0.829 bits per heavy atom. The van der Waals surface area contributed by atoms with Crippen molar-refractivity contribution in [3.05, 3.63) is 95.8 Å². The van der Waals surface area contributed by atoms with Crippen molar-refractivity contribution < 1.29 is 23.5 Å². The number of anilines is 2. The van der Waals surface area contributed by atoms with Gasteiger partial charge in [-0.15, -0.1) is 0 Å². The Morgan fingerprint density at radius 3 is 2.20 bits per heavy atom. The SMILES string of the molecule is O=C(Cc1ccccc1)Nc1ccccc1C(=O)OCC(=O)N1CCN(c2ccc(F)cc2)CC1. The molecule has 0 saturated carbocycles. The monoisotopic (exact) mass is 475 g/mol. The van der Waals surface area contributed by atoms with E-state index >= 15 is 0 Å². The van der Waals surface area contributed by atoms with Gasteiger partial charge < -0.3 is 19.9 Å². The molecular formula is C27H26FN3O4. The van der Waals surface area contributed by atoms with Gasteiger partial charge in [0.25, 0.3) is 5.91 Å². The second-order valence-corrected chi connectivity index (χ2v) is 8.18. The molecule has 1 N–H and O–H groups in total. The van der Waals surface area contributed by atoms with Crippen molar-refractivity contribution in [1.82, 2.24) is 4.90 Å². The van der Waals surface area contributed by atoms with Gasteiger partial charge in [0.1, 0.15) is 5.82 Å². The number of carbonyl (C=O) groups excluding carboxylic acids is 3. The number of nitrogens with zero attached hydrogens (tertiary/aromatic N) is 2. The number of ether oxygens (including phenoxy) is 1. The Bertz CT molecular complexity index is 1180. The molecule has 1 aliphatic heterocycles. The molecule has 1 heterocycles. The first-order valence-corrected chi connectivity index (χ1v) is 11.4. The molecule has 180 valence electrons. The second kappa shape index (κ2) is 11.3. The molecule has 0 aliphatic carbocycles. The minimum absolute atomic E-state index is 0.173. The largest absolute Gasteiger partial charge is 0.452 e. The van der Waals surface area contributed by atoms with Gasteiger partial charge in [-0.3, -0.25) is 9.59 Å². The van der Waals surface area contributed by atoms with Crippen LogP contribution in [0, 0.1) is 5.82 Å². The number of hydrogen-bond acceptors (Lipinski definition) is 5. The average molecular weight is 476 g/mol. The fraction of sp³-hybridized carbons (Fsp3) is 0.222. The van der Waals surface area contributed by atoms with Crippen LogP contribution in [0.25, 0.3) is 0 Å². The average Bonchev–Trinajstić information content (AvgIpc) is 2.88. The lowest BCUT2D eigenvalue weighted by atomic mass is 10.1. The van der Waals surface area contributed by atoms with E-state index in [0.717, 1.165) is 11.3 Å². The molecule has 2 amide bonds. The van der Waals surface area contributed by atoms with Crippen LogP contribution in [0.5, 0.6) is 0 Å². The van der Waals surface area contributed by atoms with Crippen molar-refractivity contribution in [3.8, 4) is 0 Å². The maximum atomic E-state index is 13.1. The van der Waals surface area contributed by atoms with E-state index in [9.17, 15) is 18.8 Å². The Labute approximate surface area is 203 Å². The molecule has 0 bridgehead atoms. The van der Waals surface area contributed by atoms with Crippen LogP contribution in [-0.4, -0.2) is 55.5 Å². The van der Waals surface area contributed by atoms with Gasteiger partial charge in [-0.05, 0) is 42.0 Å². The highest BCUT2D eigenvalue weighted by Gasteiger charge is 2.23. The van der Waals surface area contributed by atoms with Crippen molar-refractivity contribution >= 4 is 29.2 Å². The van der Waals surface area contributed by atoms with E-state index in [4.69, 9.17) is 4.74 Å². The van der Waals surface area contributed by atoms with Gasteiger partial charge in [-0.1, -0.05) is 42.5 Å². The fourth-order valence-electron chi connectivity index (χ4n) is 3.91. The summed E-state index contributed by atoms with van der Waals surface area (Å²) < 4.78 is 18.4. The highest BCUT2D eigenvalue weighted by molar-refractivity contribution is 6.02. The molecule has 1 fully saturated rings. The smallest absolute Gasteiger partial charge is 0.340 e. The number of esters is 1. The number of rotatable bonds is 7. The van der Waals surface area contributed by atoms with Crippen LogP contribution in [0.15, 0.2) is 78.9 Å². The molecule has 0 atom stereocenters. The summed E-state index contributed by atoms with van der Waals surface area (Å²) in [7, 11) is 0. The highest BCUT2D eigenvalue weighted by Crippen LogP contribution is 2.19. The van der Waals surface area contributed by atoms with Crippen molar-refractivity contribution in [2.24, 2.45) is 0 Å². The molecule has 4 rings (SSSR count). The Balaban J connectivity index is 1.28. The maximum Gasteiger partial charge on any atom is 0.340 e. The van der Waals surface area contributed by atoms with Crippen LogP contribution in [-0.2, 0) is 20.7 Å². The number of halogens is 1. The maximum absolute atomic E-state index is 13.1. The number of carbonyl (C=O) groups is 3. The van der Waals surface area contributed by atoms with E-state index in [1.54, 1.807) is 41.3 Å². The lowest BCUT2D eigenvalue weighted by Crippen LogP contribution is -2.49. The predicted octanol–water partition coefficient (Wildman–Crippen LogP) is 3.51. The molecule has 0 unspecified atom stereocenters. The zero-order chi connectivity index (χ0) is 24.6. The molecule has 8 heteroatoms. The first kappa shape index (κ1) is 23.9. The molecule has 3 aromatic carbocycles. The molecule has 35 heavy (non-hydrogen) atoms. The first-order chi connectivity index (χ1) is 17.0. The normalized spacial score (nSPS) is 13.3. The summed E-state index contributed by atoms with van der Waals surface area (Å²) in [6.45, 7) is 1.75. The van der Waals surface area contributed by atoms with E-state index in [-0.39, 0.29) is 36.2 Å². The predicted molar refractivity (Wildman–Crippen MR) is 131 cm³/mol. The Hall–Kier alpha value is -4.20. The summed E-state index contributed by atoms with van der Waals surface area (Å²) in [5.74, 6) is -1.52. The van der Waals surface area contributed by atoms with Crippen LogP contribution in [0.4, 0.5) is 15.8 Å². The van der Waals surface area contributed by atoms with Crippen LogP contribution in [0.2, 0.25) is 0 Å². The Kier molecular flexibility index (Phi) is 7.72. The van der Waals surface area contributed by atoms with Crippen LogP contribution in [0.3, 0.4) is 0 Å². The van der Waals surface area contributed by atoms with Crippen molar-refractivity contribution in [2.75, 3.05) is 43.0 Å². The summed E-state index contributed by atoms with van der Waals surface area (Å²) in [4.78, 5) is 41.4. The van der Waals surface area contributed by atoms with Gasteiger partial charge in [-0.25, -0.2) is 9.18 Å². The molecule has 0 radical (unpaired) electrons. The molecule has 1 saturated heterocycles. The van der Waals surface area contributed by atoms with Gasteiger partial charge in [0, 0.05) is 31.9 Å². The zero-order valence-electron chi connectivity index (χ0n) is 19.2. The first-order valence-electron chi connectivity index (χ1n) is 11.4.